The Morgan fingerprint density at radius 2 is 1.60 bits per heavy atom. The van der Waals surface area contributed by atoms with Crippen LogP contribution in [0.4, 0.5) is 0 Å². The van der Waals surface area contributed by atoms with Crippen LogP contribution in [0.2, 0.25) is 0 Å². The standard InChI is InChI=1S/C8H11N7/c9-6(10)3-1-2-15-5(8(13)14)4(3)7(11)12/h1-2H,(H3,9,10)(H3,11,12)(H3,13,14). The first kappa shape index (κ1) is 10.6. The average Bonchev–Trinajstić information content (AvgIpc) is 2.16. The van der Waals surface area contributed by atoms with Gasteiger partial charge in [0, 0.05) is 11.8 Å². The average molecular weight is 205 g/mol. The van der Waals surface area contributed by atoms with Crippen LogP contribution in [0.25, 0.3) is 0 Å². The molecule has 1 aromatic rings. The Morgan fingerprint density at radius 1 is 1.00 bits per heavy atom. The van der Waals surface area contributed by atoms with Crippen LogP contribution in [-0.4, -0.2) is 22.5 Å². The van der Waals surface area contributed by atoms with Crippen LogP contribution in [0.3, 0.4) is 0 Å². The molecule has 1 rings (SSSR count). The summed E-state index contributed by atoms with van der Waals surface area (Å²) in [5.41, 5.74) is 16.4. The van der Waals surface area contributed by atoms with Gasteiger partial charge in [0.25, 0.3) is 0 Å². The lowest BCUT2D eigenvalue weighted by Crippen LogP contribution is -2.27. The zero-order valence-electron chi connectivity index (χ0n) is 7.83. The summed E-state index contributed by atoms with van der Waals surface area (Å²) in [7, 11) is 0. The predicted octanol–water partition coefficient (Wildman–Crippen LogP) is -1.07. The molecule has 9 N–H and O–H groups in total. The summed E-state index contributed by atoms with van der Waals surface area (Å²) in [6.45, 7) is 0. The molecule has 0 fully saturated rings. The maximum Gasteiger partial charge on any atom is 0.142 e. The third kappa shape index (κ3) is 1.90. The molecule has 0 aliphatic heterocycles. The highest BCUT2D eigenvalue weighted by molar-refractivity contribution is 6.13. The molecular weight excluding hydrogens is 194 g/mol. The van der Waals surface area contributed by atoms with Gasteiger partial charge in [0.05, 0.1) is 5.56 Å². The Hall–Kier alpha value is -2.44. The first-order valence-electron chi connectivity index (χ1n) is 3.97. The second kappa shape index (κ2) is 3.74. The van der Waals surface area contributed by atoms with E-state index in [0.29, 0.717) is 0 Å². The van der Waals surface area contributed by atoms with Crippen molar-refractivity contribution in [2.75, 3.05) is 0 Å². The minimum absolute atomic E-state index is 0.0650. The van der Waals surface area contributed by atoms with Gasteiger partial charge in [-0.3, -0.25) is 21.2 Å². The highest BCUT2D eigenvalue weighted by Crippen LogP contribution is 2.10. The second-order valence-corrected chi connectivity index (χ2v) is 2.82. The van der Waals surface area contributed by atoms with Gasteiger partial charge in [-0.05, 0) is 6.07 Å². The molecule has 7 nitrogen and oxygen atoms in total. The Balaban J connectivity index is 3.56. The lowest BCUT2D eigenvalue weighted by molar-refractivity contribution is 1.22. The Bertz CT molecular complexity index is 416. The largest absolute Gasteiger partial charge is 0.384 e. The van der Waals surface area contributed by atoms with Crippen LogP contribution in [0.1, 0.15) is 16.8 Å². The number of nitrogen functional groups attached to an aromatic ring is 3. The third-order valence-corrected chi connectivity index (χ3v) is 1.77. The topological polar surface area (TPSA) is 163 Å². The van der Waals surface area contributed by atoms with E-state index in [2.05, 4.69) is 4.98 Å². The zero-order chi connectivity index (χ0) is 11.6. The number of pyridine rings is 1. The van der Waals surface area contributed by atoms with Gasteiger partial charge in [-0.25, -0.2) is 0 Å². The molecule has 0 saturated carbocycles. The van der Waals surface area contributed by atoms with Crippen molar-refractivity contribution in [3.8, 4) is 0 Å². The van der Waals surface area contributed by atoms with Crippen molar-refractivity contribution >= 4 is 17.5 Å². The number of rotatable bonds is 3. The number of amidine groups is 3. The first-order valence-corrected chi connectivity index (χ1v) is 3.97. The molecule has 0 aliphatic carbocycles. The Morgan fingerprint density at radius 3 is 2.00 bits per heavy atom. The summed E-state index contributed by atoms with van der Waals surface area (Å²) in [5.74, 6) is -0.882. The lowest BCUT2D eigenvalue weighted by atomic mass is 10.0. The van der Waals surface area contributed by atoms with E-state index in [-0.39, 0.29) is 34.3 Å². The van der Waals surface area contributed by atoms with Crippen LogP contribution < -0.4 is 17.2 Å². The molecule has 0 aromatic carbocycles. The van der Waals surface area contributed by atoms with Gasteiger partial charge >= 0.3 is 0 Å². The van der Waals surface area contributed by atoms with Crippen molar-refractivity contribution in [3.63, 3.8) is 0 Å². The summed E-state index contributed by atoms with van der Waals surface area (Å²) in [4.78, 5) is 3.82. The van der Waals surface area contributed by atoms with Crippen molar-refractivity contribution in [2.45, 2.75) is 0 Å². The van der Waals surface area contributed by atoms with Gasteiger partial charge in [0.1, 0.15) is 23.2 Å². The van der Waals surface area contributed by atoms with Gasteiger partial charge in [-0.2, -0.15) is 0 Å². The van der Waals surface area contributed by atoms with Crippen molar-refractivity contribution < 1.29 is 0 Å². The van der Waals surface area contributed by atoms with E-state index < -0.39 is 0 Å². The van der Waals surface area contributed by atoms with E-state index in [0.717, 1.165) is 0 Å². The normalized spacial score (nSPS) is 9.60. The molecule has 0 atom stereocenters. The molecule has 0 aliphatic rings. The zero-order valence-corrected chi connectivity index (χ0v) is 7.83. The van der Waals surface area contributed by atoms with Crippen LogP contribution in [0.5, 0.6) is 0 Å². The summed E-state index contributed by atoms with van der Waals surface area (Å²) >= 11 is 0. The van der Waals surface area contributed by atoms with Crippen molar-refractivity contribution in [1.29, 1.82) is 16.2 Å². The van der Waals surface area contributed by atoms with Gasteiger partial charge in [0.2, 0.25) is 0 Å². The monoisotopic (exact) mass is 205 g/mol. The number of nitrogens with zero attached hydrogens (tertiary/aromatic N) is 1. The number of nitrogens with one attached hydrogen (secondary N) is 3. The molecule has 0 bridgehead atoms. The van der Waals surface area contributed by atoms with Crippen molar-refractivity contribution in [1.82, 2.24) is 4.98 Å². The number of hydrogen-bond acceptors (Lipinski definition) is 4. The summed E-state index contributed by atoms with van der Waals surface area (Å²) in [6, 6.07) is 1.45. The van der Waals surface area contributed by atoms with Crippen LogP contribution >= 0.6 is 0 Å². The SMILES string of the molecule is N=C(N)c1ccnc(C(=N)N)c1C(=N)N. The van der Waals surface area contributed by atoms with E-state index in [1.54, 1.807) is 0 Å². The minimum Gasteiger partial charge on any atom is -0.384 e. The summed E-state index contributed by atoms with van der Waals surface area (Å²) in [5, 5.41) is 21.9. The van der Waals surface area contributed by atoms with Crippen molar-refractivity contribution in [3.05, 3.63) is 29.1 Å². The number of aromatic nitrogens is 1. The van der Waals surface area contributed by atoms with E-state index in [1.807, 2.05) is 0 Å². The molecule has 1 aromatic heterocycles. The highest BCUT2D eigenvalue weighted by atomic mass is 14.8. The molecule has 1 heterocycles. The molecule has 0 saturated heterocycles. The number of nitrogens with two attached hydrogens (primary N) is 3. The van der Waals surface area contributed by atoms with E-state index in [9.17, 15) is 0 Å². The van der Waals surface area contributed by atoms with Crippen LogP contribution in [0.15, 0.2) is 12.3 Å². The predicted molar refractivity (Wildman–Crippen MR) is 57.3 cm³/mol. The summed E-state index contributed by atoms with van der Waals surface area (Å²) in [6.07, 6.45) is 1.36. The fourth-order valence-electron chi connectivity index (χ4n) is 1.16. The highest BCUT2D eigenvalue weighted by Gasteiger charge is 2.15. The van der Waals surface area contributed by atoms with Gasteiger partial charge < -0.3 is 17.2 Å². The Kier molecular flexibility index (Phi) is 2.65. The fraction of sp³-hybridized carbons (Fsp3) is 0. The van der Waals surface area contributed by atoms with Gasteiger partial charge in [-0.15, -0.1) is 0 Å². The van der Waals surface area contributed by atoms with Gasteiger partial charge in [-0.1, -0.05) is 0 Å². The number of hydrogen-bond donors (Lipinski definition) is 6. The smallest absolute Gasteiger partial charge is 0.142 e. The second-order valence-electron chi connectivity index (χ2n) is 2.82. The molecule has 78 valence electrons. The van der Waals surface area contributed by atoms with E-state index in [4.69, 9.17) is 33.4 Å². The maximum atomic E-state index is 7.34. The molecule has 0 amide bonds. The van der Waals surface area contributed by atoms with Gasteiger partial charge in [0.15, 0.2) is 0 Å². The quantitative estimate of drug-likeness (QED) is 0.273. The van der Waals surface area contributed by atoms with Crippen molar-refractivity contribution in [2.24, 2.45) is 17.2 Å². The first-order chi connectivity index (χ1) is 6.95. The Labute approximate surface area is 85.8 Å². The summed E-state index contributed by atoms with van der Waals surface area (Å²) < 4.78 is 0. The van der Waals surface area contributed by atoms with E-state index in [1.165, 1.54) is 12.3 Å². The fourth-order valence-corrected chi connectivity index (χ4v) is 1.16. The maximum absolute atomic E-state index is 7.34. The minimum atomic E-state index is -0.321. The van der Waals surface area contributed by atoms with Crippen LogP contribution in [-0.2, 0) is 0 Å². The molecule has 0 spiro atoms. The lowest BCUT2D eigenvalue weighted by Gasteiger charge is -2.10. The molecule has 7 heteroatoms. The molecular formula is C8H11N7. The third-order valence-electron chi connectivity index (χ3n) is 1.77. The molecule has 15 heavy (non-hydrogen) atoms. The van der Waals surface area contributed by atoms with E-state index >= 15 is 0 Å². The molecule has 0 radical (unpaired) electrons. The van der Waals surface area contributed by atoms with Crippen LogP contribution in [0, 0.1) is 16.2 Å². The molecule has 0 unspecified atom stereocenters.